The molecule has 0 fully saturated rings. The summed E-state index contributed by atoms with van der Waals surface area (Å²) in [5.74, 6) is -0.381. The number of thiocarbonyl (C=S) groups is 1. The van der Waals surface area contributed by atoms with Gasteiger partial charge in [0.05, 0.1) is 17.2 Å². The zero-order chi connectivity index (χ0) is 19.4. The fourth-order valence-electron chi connectivity index (χ4n) is 2.42. The summed E-state index contributed by atoms with van der Waals surface area (Å²) in [4.78, 5) is 22.8. The standard InChI is InChI=1S/C15H17ClN6O3S/c1-9-14(22(24)25)10(2)20(18-9)7-6-13(23)19-21(15(17)26)12-5-3-4-11(16)8-12/h3-5,8H,6-7H2,1-2H3,(H2,17,26)(H,19,23). The highest BCUT2D eigenvalue weighted by Gasteiger charge is 2.22. The van der Waals surface area contributed by atoms with Crippen LogP contribution in [-0.2, 0) is 11.3 Å². The first-order valence-electron chi connectivity index (χ1n) is 7.53. The topological polar surface area (TPSA) is 119 Å². The number of rotatable bonds is 5. The Kier molecular flexibility index (Phi) is 6.11. The van der Waals surface area contributed by atoms with Gasteiger partial charge in [-0.1, -0.05) is 17.7 Å². The minimum Gasteiger partial charge on any atom is -0.374 e. The summed E-state index contributed by atoms with van der Waals surface area (Å²) in [6.07, 6.45) is 0.0266. The predicted molar refractivity (Wildman–Crippen MR) is 102 cm³/mol. The summed E-state index contributed by atoms with van der Waals surface area (Å²) in [7, 11) is 0. The maximum Gasteiger partial charge on any atom is 0.312 e. The molecular formula is C15H17ClN6O3S. The van der Waals surface area contributed by atoms with Crippen LogP contribution in [0.4, 0.5) is 11.4 Å². The van der Waals surface area contributed by atoms with Crippen molar-refractivity contribution in [1.82, 2.24) is 15.2 Å². The van der Waals surface area contributed by atoms with E-state index < -0.39 is 4.92 Å². The van der Waals surface area contributed by atoms with Crippen molar-refractivity contribution in [3.8, 4) is 0 Å². The molecule has 0 aliphatic heterocycles. The molecule has 2 rings (SSSR count). The van der Waals surface area contributed by atoms with Gasteiger partial charge in [-0.25, -0.2) is 5.01 Å². The van der Waals surface area contributed by atoms with E-state index >= 15 is 0 Å². The Balaban J connectivity index is 2.07. The van der Waals surface area contributed by atoms with Crippen LogP contribution in [0.2, 0.25) is 5.02 Å². The number of carbonyl (C=O) groups excluding carboxylic acids is 1. The molecule has 3 N–H and O–H groups in total. The minimum atomic E-state index is -0.484. The molecule has 0 saturated heterocycles. The maximum atomic E-state index is 12.3. The number of nitrogens with zero attached hydrogens (tertiary/aromatic N) is 4. The molecule has 1 heterocycles. The van der Waals surface area contributed by atoms with Gasteiger partial charge in [0, 0.05) is 11.4 Å². The summed E-state index contributed by atoms with van der Waals surface area (Å²) < 4.78 is 1.43. The van der Waals surface area contributed by atoms with Crippen molar-refractivity contribution in [3.05, 3.63) is 50.8 Å². The molecule has 1 amide bonds. The van der Waals surface area contributed by atoms with Crippen LogP contribution in [-0.4, -0.2) is 25.7 Å². The van der Waals surface area contributed by atoms with Crippen LogP contribution in [0.3, 0.4) is 0 Å². The van der Waals surface area contributed by atoms with Crippen LogP contribution >= 0.6 is 23.8 Å². The average Bonchev–Trinajstić information content (AvgIpc) is 2.84. The zero-order valence-electron chi connectivity index (χ0n) is 14.1. The van der Waals surface area contributed by atoms with Crippen LogP contribution in [0.5, 0.6) is 0 Å². The van der Waals surface area contributed by atoms with E-state index in [-0.39, 0.29) is 29.7 Å². The van der Waals surface area contributed by atoms with Gasteiger partial charge in [0.2, 0.25) is 5.91 Å². The molecule has 1 aromatic carbocycles. The number of nitrogens with one attached hydrogen (secondary N) is 1. The van der Waals surface area contributed by atoms with E-state index in [2.05, 4.69) is 10.5 Å². The number of nitrogens with two attached hydrogens (primary N) is 1. The number of halogens is 1. The van der Waals surface area contributed by atoms with Crippen molar-refractivity contribution in [3.63, 3.8) is 0 Å². The second-order valence-electron chi connectivity index (χ2n) is 5.44. The molecule has 2 aromatic rings. The number of aryl methyl sites for hydroxylation is 2. The van der Waals surface area contributed by atoms with Crippen molar-refractivity contribution in [2.24, 2.45) is 5.73 Å². The van der Waals surface area contributed by atoms with Gasteiger partial charge < -0.3 is 5.73 Å². The van der Waals surface area contributed by atoms with Gasteiger partial charge in [0.25, 0.3) is 0 Å². The Morgan fingerprint density at radius 2 is 2.19 bits per heavy atom. The number of amides is 1. The maximum absolute atomic E-state index is 12.3. The van der Waals surface area contributed by atoms with Gasteiger partial charge >= 0.3 is 5.69 Å². The highest BCUT2D eigenvalue weighted by Crippen LogP contribution is 2.22. The SMILES string of the molecule is Cc1nn(CCC(=O)NN(C(N)=S)c2cccc(Cl)c2)c(C)c1[N+](=O)[O-]. The van der Waals surface area contributed by atoms with E-state index in [4.69, 9.17) is 29.6 Å². The second kappa shape index (κ2) is 8.11. The molecule has 1 aromatic heterocycles. The number of nitro groups is 1. The molecule has 0 bridgehead atoms. The van der Waals surface area contributed by atoms with Crippen LogP contribution < -0.4 is 16.2 Å². The largest absolute Gasteiger partial charge is 0.374 e. The van der Waals surface area contributed by atoms with Gasteiger partial charge in [0.15, 0.2) is 5.11 Å². The van der Waals surface area contributed by atoms with E-state index in [0.29, 0.717) is 22.1 Å². The van der Waals surface area contributed by atoms with Gasteiger partial charge in [-0.2, -0.15) is 5.10 Å². The number of carbonyl (C=O) groups is 1. The molecular weight excluding hydrogens is 380 g/mol. The number of hydrazine groups is 1. The summed E-state index contributed by atoms with van der Waals surface area (Å²) in [6, 6.07) is 6.67. The van der Waals surface area contributed by atoms with Crippen molar-refractivity contribution in [2.45, 2.75) is 26.8 Å². The third-order valence-electron chi connectivity index (χ3n) is 3.60. The second-order valence-corrected chi connectivity index (χ2v) is 6.29. The summed E-state index contributed by atoms with van der Waals surface area (Å²) in [6.45, 7) is 3.31. The van der Waals surface area contributed by atoms with Crippen LogP contribution in [0.15, 0.2) is 24.3 Å². The number of benzene rings is 1. The number of aromatic nitrogens is 2. The summed E-state index contributed by atoms with van der Waals surface area (Å²) >= 11 is 10.9. The normalized spacial score (nSPS) is 10.4. The molecule has 0 aliphatic carbocycles. The van der Waals surface area contributed by atoms with Crippen LogP contribution in [0.1, 0.15) is 17.8 Å². The quantitative estimate of drug-likeness (QED) is 0.451. The Morgan fingerprint density at radius 1 is 1.50 bits per heavy atom. The summed E-state index contributed by atoms with van der Waals surface area (Å²) in [5.41, 5.74) is 9.41. The smallest absolute Gasteiger partial charge is 0.312 e. The first kappa shape index (κ1) is 19.6. The first-order valence-corrected chi connectivity index (χ1v) is 8.32. The highest BCUT2D eigenvalue weighted by atomic mass is 35.5. The predicted octanol–water partition coefficient (Wildman–Crippen LogP) is 2.23. The Hall–Kier alpha value is -2.72. The third-order valence-corrected chi connectivity index (χ3v) is 4.02. The van der Waals surface area contributed by atoms with Crippen molar-refractivity contribution >= 4 is 46.2 Å². The molecule has 0 radical (unpaired) electrons. The molecule has 0 saturated carbocycles. The van der Waals surface area contributed by atoms with E-state index in [1.165, 1.54) is 9.69 Å². The molecule has 138 valence electrons. The minimum absolute atomic E-state index is 0.0266. The Morgan fingerprint density at radius 3 is 2.73 bits per heavy atom. The average molecular weight is 397 g/mol. The van der Waals surface area contributed by atoms with Crippen LogP contribution in [0, 0.1) is 24.0 Å². The summed E-state index contributed by atoms with van der Waals surface area (Å²) in [5, 5.41) is 16.8. The number of hydrogen-bond acceptors (Lipinski definition) is 5. The number of hydrogen-bond donors (Lipinski definition) is 2. The Bertz CT molecular complexity index is 869. The van der Waals surface area contributed by atoms with Gasteiger partial charge in [-0.05, 0) is 44.3 Å². The molecule has 11 heteroatoms. The van der Waals surface area contributed by atoms with E-state index in [0.717, 1.165) is 0 Å². The van der Waals surface area contributed by atoms with Gasteiger partial charge in [0.1, 0.15) is 11.4 Å². The van der Waals surface area contributed by atoms with Crippen molar-refractivity contribution < 1.29 is 9.72 Å². The lowest BCUT2D eigenvalue weighted by Crippen LogP contribution is -2.49. The highest BCUT2D eigenvalue weighted by molar-refractivity contribution is 7.80. The fourth-order valence-corrected chi connectivity index (χ4v) is 2.76. The molecule has 0 spiro atoms. The lowest BCUT2D eigenvalue weighted by molar-refractivity contribution is -0.386. The van der Waals surface area contributed by atoms with E-state index in [1.54, 1.807) is 38.1 Å². The van der Waals surface area contributed by atoms with Crippen LogP contribution in [0.25, 0.3) is 0 Å². The number of anilines is 1. The van der Waals surface area contributed by atoms with E-state index in [1.807, 2.05) is 0 Å². The molecule has 0 atom stereocenters. The fraction of sp³-hybridized carbons (Fsp3) is 0.267. The lowest BCUT2D eigenvalue weighted by Gasteiger charge is -2.23. The molecule has 0 unspecified atom stereocenters. The molecule has 26 heavy (non-hydrogen) atoms. The zero-order valence-corrected chi connectivity index (χ0v) is 15.7. The Labute approximate surface area is 159 Å². The first-order chi connectivity index (χ1) is 12.2. The van der Waals surface area contributed by atoms with Gasteiger partial charge in [-0.3, -0.25) is 25.0 Å². The van der Waals surface area contributed by atoms with Crippen molar-refractivity contribution in [2.75, 3.05) is 5.01 Å². The third kappa shape index (κ3) is 4.46. The van der Waals surface area contributed by atoms with Crippen molar-refractivity contribution in [1.29, 1.82) is 0 Å². The van der Waals surface area contributed by atoms with Gasteiger partial charge in [-0.15, -0.1) is 0 Å². The molecule has 0 aliphatic rings. The monoisotopic (exact) mass is 396 g/mol. The van der Waals surface area contributed by atoms with E-state index in [9.17, 15) is 14.9 Å². The molecule has 9 nitrogen and oxygen atoms in total. The lowest BCUT2D eigenvalue weighted by atomic mass is 10.3.